The third kappa shape index (κ3) is 6.19. The van der Waals surface area contributed by atoms with Crippen LogP contribution >= 0.6 is 11.6 Å². The van der Waals surface area contributed by atoms with Gasteiger partial charge in [0.15, 0.2) is 0 Å². The molecule has 31 heavy (non-hydrogen) atoms. The van der Waals surface area contributed by atoms with Crippen LogP contribution in [0.5, 0.6) is 0 Å². The number of aryl methyl sites for hydroxylation is 1. The van der Waals surface area contributed by atoms with Crippen LogP contribution in [0, 0.1) is 6.92 Å². The van der Waals surface area contributed by atoms with Crippen LogP contribution in [0.4, 0.5) is 0 Å². The monoisotopic (exact) mass is 434 g/mol. The Morgan fingerprint density at radius 2 is 1.55 bits per heavy atom. The minimum absolute atomic E-state index is 0.102. The number of benzene rings is 3. The lowest BCUT2D eigenvalue weighted by Crippen LogP contribution is -2.50. The third-order valence-electron chi connectivity index (χ3n) is 5.39. The molecule has 160 valence electrons. The number of nitrogens with one attached hydrogen (secondary N) is 1. The highest BCUT2D eigenvalue weighted by Crippen LogP contribution is 2.19. The van der Waals surface area contributed by atoms with Crippen LogP contribution in [-0.4, -0.2) is 29.8 Å². The zero-order valence-corrected chi connectivity index (χ0v) is 18.6. The largest absolute Gasteiger partial charge is 0.357 e. The number of hydrogen-bond donors (Lipinski definition) is 1. The first-order chi connectivity index (χ1) is 15.0. The van der Waals surface area contributed by atoms with Crippen LogP contribution in [-0.2, 0) is 29.0 Å². The minimum Gasteiger partial charge on any atom is -0.357 e. The predicted molar refractivity (Wildman–Crippen MR) is 125 cm³/mol. The van der Waals surface area contributed by atoms with Gasteiger partial charge < -0.3 is 10.2 Å². The smallest absolute Gasteiger partial charge is 0.242 e. The van der Waals surface area contributed by atoms with Crippen molar-refractivity contribution in [3.63, 3.8) is 0 Å². The molecule has 0 spiro atoms. The fourth-order valence-corrected chi connectivity index (χ4v) is 3.70. The third-order valence-corrected chi connectivity index (χ3v) is 5.64. The lowest BCUT2D eigenvalue weighted by molar-refractivity contribution is -0.140. The van der Waals surface area contributed by atoms with Crippen LogP contribution in [0.25, 0.3) is 0 Å². The molecule has 2 amide bonds. The topological polar surface area (TPSA) is 49.4 Å². The average Bonchev–Trinajstić information content (AvgIpc) is 2.79. The van der Waals surface area contributed by atoms with Crippen LogP contribution in [0.1, 0.15) is 22.3 Å². The quantitative estimate of drug-likeness (QED) is 0.564. The molecule has 1 atom stereocenters. The van der Waals surface area contributed by atoms with Crippen molar-refractivity contribution < 1.29 is 9.59 Å². The van der Waals surface area contributed by atoms with Gasteiger partial charge in [-0.1, -0.05) is 78.3 Å². The molecule has 0 heterocycles. The van der Waals surface area contributed by atoms with Gasteiger partial charge >= 0.3 is 0 Å². The maximum atomic E-state index is 13.5. The maximum absolute atomic E-state index is 13.5. The van der Waals surface area contributed by atoms with E-state index in [1.54, 1.807) is 24.1 Å². The maximum Gasteiger partial charge on any atom is 0.242 e. The Labute approximate surface area is 188 Å². The SMILES string of the molecule is CNC(=O)[C@@H](Cc1ccccc1)N(Cc1ccccc1C)C(=O)Cc1ccc(Cl)cc1. The highest BCUT2D eigenvalue weighted by molar-refractivity contribution is 6.30. The van der Waals surface area contributed by atoms with Gasteiger partial charge in [-0.25, -0.2) is 0 Å². The zero-order valence-electron chi connectivity index (χ0n) is 17.8. The normalized spacial score (nSPS) is 11.6. The first-order valence-electron chi connectivity index (χ1n) is 10.3. The molecule has 0 fully saturated rings. The van der Waals surface area contributed by atoms with E-state index in [0.717, 1.165) is 22.3 Å². The van der Waals surface area contributed by atoms with E-state index in [9.17, 15) is 9.59 Å². The summed E-state index contributed by atoms with van der Waals surface area (Å²) in [5.74, 6) is -0.281. The number of carbonyl (C=O) groups excluding carboxylic acids is 2. The standard InChI is InChI=1S/C26H27ClN2O2/c1-19-8-6-7-11-22(19)18-29(25(30)17-21-12-14-23(27)15-13-21)24(26(31)28-2)16-20-9-4-3-5-10-20/h3-15,24H,16-18H2,1-2H3,(H,28,31)/t24-/m1/s1. The van der Waals surface area contributed by atoms with E-state index >= 15 is 0 Å². The van der Waals surface area contributed by atoms with E-state index in [4.69, 9.17) is 11.6 Å². The number of halogens is 1. The molecule has 0 aliphatic carbocycles. The van der Waals surface area contributed by atoms with Gasteiger partial charge in [0.05, 0.1) is 6.42 Å². The van der Waals surface area contributed by atoms with E-state index in [2.05, 4.69) is 5.32 Å². The van der Waals surface area contributed by atoms with Crippen molar-refractivity contribution in [2.75, 3.05) is 7.05 Å². The van der Waals surface area contributed by atoms with Gasteiger partial charge in [0.2, 0.25) is 11.8 Å². The molecule has 0 aromatic heterocycles. The molecule has 0 saturated carbocycles. The number of likely N-dealkylation sites (N-methyl/N-ethyl adjacent to an activating group) is 1. The van der Waals surface area contributed by atoms with Crippen molar-refractivity contribution in [3.8, 4) is 0 Å². The fraction of sp³-hybridized carbons (Fsp3) is 0.231. The molecule has 1 N–H and O–H groups in total. The number of carbonyl (C=O) groups is 2. The Morgan fingerprint density at radius 1 is 0.903 bits per heavy atom. The Morgan fingerprint density at radius 3 is 2.19 bits per heavy atom. The van der Waals surface area contributed by atoms with Crippen molar-refractivity contribution in [1.82, 2.24) is 10.2 Å². The molecule has 4 nitrogen and oxygen atoms in total. The molecule has 0 radical (unpaired) electrons. The number of hydrogen-bond acceptors (Lipinski definition) is 2. The van der Waals surface area contributed by atoms with Crippen molar-refractivity contribution in [1.29, 1.82) is 0 Å². The van der Waals surface area contributed by atoms with Gasteiger partial charge in [0, 0.05) is 25.0 Å². The van der Waals surface area contributed by atoms with Gasteiger partial charge in [0.25, 0.3) is 0 Å². The Bertz CT molecular complexity index is 1020. The van der Waals surface area contributed by atoms with Crippen molar-refractivity contribution in [2.24, 2.45) is 0 Å². The Balaban J connectivity index is 1.94. The summed E-state index contributed by atoms with van der Waals surface area (Å²) in [5, 5.41) is 3.37. The summed E-state index contributed by atoms with van der Waals surface area (Å²) in [6.07, 6.45) is 0.643. The van der Waals surface area contributed by atoms with Crippen molar-refractivity contribution in [3.05, 3.63) is 106 Å². The molecule has 0 aliphatic rings. The molecule has 3 aromatic carbocycles. The molecular formula is C26H27ClN2O2. The van der Waals surface area contributed by atoms with E-state index < -0.39 is 6.04 Å². The van der Waals surface area contributed by atoms with Crippen molar-refractivity contribution in [2.45, 2.75) is 32.4 Å². The number of amides is 2. The summed E-state index contributed by atoms with van der Waals surface area (Å²) in [4.78, 5) is 28.1. The van der Waals surface area contributed by atoms with E-state index in [0.29, 0.717) is 18.0 Å². The molecule has 0 unspecified atom stereocenters. The summed E-state index contributed by atoms with van der Waals surface area (Å²) in [5.41, 5.74) is 3.97. The summed E-state index contributed by atoms with van der Waals surface area (Å²) in [6.45, 7) is 2.38. The zero-order chi connectivity index (χ0) is 22.2. The van der Waals surface area contributed by atoms with Gasteiger partial charge in [0.1, 0.15) is 6.04 Å². The fourth-order valence-electron chi connectivity index (χ4n) is 3.57. The van der Waals surface area contributed by atoms with Crippen LogP contribution in [0.3, 0.4) is 0 Å². The van der Waals surface area contributed by atoms with Gasteiger partial charge in [-0.2, -0.15) is 0 Å². The molecule has 3 aromatic rings. The molecule has 0 aliphatic heterocycles. The van der Waals surface area contributed by atoms with Crippen molar-refractivity contribution >= 4 is 23.4 Å². The summed E-state index contributed by atoms with van der Waals surface area (Å²) in [6, 6.07) is 24.3. The number of nitrogens with zero attached hydrogens (tertiary/aromatic N) is 1. The first kappa shape index (κ1) is 22.6. The summed E-state index contributed by atoms with van der Waals surface area (Å²) >= 11 is 5.99. The molecular weight excluding hydrogens is 408 g/mol. The second-order valence-corrected chi connectivity index (χ2v) is 8.01. The summed E-state index contributed by atoms with van der Waals surface area (Å²) < 4.78 is 0. The van der Waals surface area contributed by atoms with E-state index in [-0.39, 0.29) is 18.2 Å². The van der Waals surface area contributed by atoms with Gasteiger partial charge in [-0.3, -0.25) is 9.59 Å². The highest BCUT2D eigenvalue weighted by atomic mass is 35.5. The summed E-state index contributed by atoms with van der Waals surface area (Å²) in [7, 11) is 1.61. The van der Waals surface area contributed by atoms with Crippen LogP contribution in [0.15, 0.2) is 78.9 Å². The lowest BCUT2D eigenvalue weighted by atomic mass is 10.0. The number of rotatable bonds is 8. The Kier molecular flexibility index (Phi) is 7.85. The Hall–Kier alpha value is -3.11. The minimum atomic E-state index is -0.619. The molecule has 0 bridgehead atoms. The van der Waals surface area contributed by atoms with E-state index in [1.807, 2.05) is 73.7 Å². The lowest BCUT2D eigenvalue weighted by Gasteiger charge is -2.31. The van der Waals surface area contributed by atoms with Gasteiger partial charge in [-0.15, -0.1) is 0 Å². The van der Waals surface area contributed by atoms with Crippen LogP contribution < -0.4 is 5.32 Å². The first-order valence-corrected chi connectivity index (χ1v) is 10.7. The average molecular weight is 435 g/mol. The molecule has 5 heteroatoms. The molecule has 3 rings (SSSR count). The second-order valence-electron chi connectivity index (χ2n) is 7.57. The van der Waals surface area contributed by atoms with Crippen LogP contribution in [0.2, 0.25) is 5.02 Å². The predicted octanol–water partition coefficient (Wildman–Crippen LogP) is 4.58. The van der Waals surface area contributed by atoms with Gasteiger partial charge in [-0.05, 0) is 41.3 Å². The molecule has 0 saturated heterocycles. The second kappa shape index (κ2) is 10.8. The van der Waals surface area contributed by atoms with E-state index in [1.165, 1.54) is 0 Å². The highest BCUT2D eigenvalue weighted by Gasteiger charge is 2.30.